The molecular weight excluding hydrogens is 210 g/mol. The second-order valence-corrected chi connectivity index (χ2v) is 5.78. The summed E-state index contributed by atoms with van der Waals surface area (Å²) >= 11 is 0. The van der Waals surface area contributed by atoms with Crippen LogP contribution in [0, 0.1) is 5.92 Å². The van der Waals surface area contributed by atoms with E-state index in [1.807, 2.05) is 0 Å². The largest absolute Gasteiger partial charge is 0.493 e. The first kappa shape index (κ1) is 11.1. The van der Waals surface area contributed by atoms with Crippen molar-refractivity contribution in [1.82, 2.24) is 0 Å². The third kappa shape index (κ3) is 1.95. The summed E-state index contributed by atoms with van der Waals surface area (Å²) in [5.74, 6) is 1.81. The SMILES string of the molecule is CC1CCCC(N)(c2ccc3c(c2)CCO3)C1. The van der Waals surface area contributed by atoms with Gasteiger partial charge in [0.25, 0.3) is 0 Å². The lowest BCUT2D eigenvalue weighted by Crippen LogP contribution is -2.41. The van der Waals surface area contributed by atoms with Crippen molar-refractivity contribution in [3.05, 3.63) is 29.3 Å². The lowest BCUT2D eigenvalue weighted by atomic mass is 9.73. The fraction of sp³-hybridized carbons (Fsp3) is 0.600. The Labute approximate surface area is 103 Å². The Bertz CT molecular complexity index is 429. The summed E-state index contributed by atoms with van der Waals surface area (Å²) in [5, 5.41) is 0. The van der Waals surface area contributed by atoms with Gasteiger partial charge >= 0.3 is 0 Å². The van der Waals surface area contributed by atoms with Crippen LogP contribution in [0.1, 0.15) is 43.7 Å². The van der Waals surface area contributed by atoms with Gasteiger partial charge in [0.1, 0.15) is 5.75 Å². The molecule has 17 heavy (non-hydrogen) atoms. The van der Waals surface area contributed by atoms with E-state index >= 15 is 0 Å². The summed E-state index contributed by atoms with van der Waals surface area (Å²) in [6, 6.07) is 6.55. The molecule has 92 valence electrons. The van der Waals surface area contributed by atoms with Gasteiger partial charge in [-0.3, -0.25) is 0 Å². The van der Waals surface area contributed by atoms with Crippen LogP contribution in [0.5, 0.6) is 5.75 Å². The van der Waals surface area contributed by atoms with E-state index < -0.39 is 0 Å². The molecule has 1 saturated carbocycles. The Kier molecular flexibility index (Phi) is 2.62. The number of hydrogen-bond acceptors (Lipinski definition) is 2. The standard InChI is InChI=1S/C15H21NO/c1-11-3-2-7-15(16,10-11)13-4-5-14-12(9-13)6-8-17-14/h4-5,9,11H,2-3,6-8,10,16H2,1H3. The zero-order valence-electron chi connectivity index (χ0n) is 10.5. The van der Waals surface area contributed by atoms with Crippen molar-refractivity contribution >= 4 is 0 Å². The topological polar surface area (TPSA) is 35.2 Å². The fourth-order valence-corrected chi connectivity index (χ4v) is 3.35. The van der Waals surface area contributed by atoms with E-state index in [4.69, 9.17) is 10.5 Å². The molecule has 1 aromatic rings. The van der Waals surface area contributed by atoms with Gasteiger partial charge in [-0.2, -0.15) is 0 Å². The summed E-state index contributed by atoms with van der Waals surface area (Å²) in [7, 11) is 0. The number of ether oxygens (including phenoxy) is 1. The number of fused-ring (bicyclic) bond motifs is 1. The Morgan fingerprint density at radius 1 is 1.41 bits per heavy atom. The van der Waals surface area contributed by atoms with E-state index in [0.29, 0.717) is 0 Å². The minimum absolute atomic E-state index is 0.102. The van der Waals surface area contributed by atoms with Gasteiger partial charge in [0.05, 0.1) is 6.61 Å². The Balaban J connectivity index is 1.92. The van der Waals surface area contributed by atoms with E-state index in [1.165, 1.54) is 24.0 Å². The van der Waals surface area contributed by atoms with Gasteiger partial charge < -0.3 is 10.5 Å². The van der Waals surface area contributed by atoms with E-state index in [-0.39, 0.29) is 5.54 Å². The third-order valence-electron chi connectivity index (χ3n) is 4.30. The molecule has 2 N–H and O–H groups in total. The molecule has 0 amide bonds. The highest BCUT2D eigenvalue weighted by Crippen LogP contribution is 2.39. The van der Waals surface area contributed by atoms with Crippen molar-refractivity contribution < 1.29 is 4.74 Å². The van der Waals surface area contributed by atoms with Crippen molar-refractivity contribution in [3.8, 4) is 5.75 Å². The molecule has 2 heteroatoms. The van der Waals surface area contributed by atoms with Crippen molar-refractivity contribution in [2.45, 2.75) is 44.6 Å². The molecule has 1 aliphatic carbocycles. The number of nitrogens with two attached hydrogens (primary N) is 1. The molecule has 2 nitrogen and oxygen atoms in total. The molecule has 0 spiro atoms. The van der Waals surface area contributed by atoms with Crippen LogP contribution in [0.25, 0.3) is 0 Å². The predicted octanol–water partition coefficient (Wildman–Crippen LogP) is 2.99. The Morgan fingerprint density at radius 2 is 2.29 bits per heavy atom. The zero-order valence-corrected chi connectivity index (χ0v) is 10.5. The predicted molar refractivity (Wildman–Crippen MR) is 69.1 cm³/mol. The van der Waals surface area contributed by atoms with Gasteiger partial charge in [-0.05, 0) is 36.0 Å². The van der Waals surface area contributed by atoms with Crippen molar-refractivity contribution in [1.29, 1.82) is 0 Å². The highest BCUT2D eigenvalue weighted by atomic mass is 16.5. The van der Waals surface area contributed by atoms with Crippen LogP contribution in [0.15, 0.2) is 18.2 Å². The third-order valence-corrected chi connectivity index (χ3v) is 4.30. The van der Waals surface area contributed by atoms with Crippen molar-refractivity contribution in [3.63, 3.8) is 0 Å². The Morgan fingerprint density at radius 3 is 3.12 bits per heavy atom. The van der Waals surface area contributed by atoms with Crippen LogP contribution in [-0.2, 0) is 12.0 Å². The van der Waals surface area contributed by atoms with E-state index in [1.54, 1.807) is 0 Å². The number of rotatable bonds is 1. The van der Waals surface area contributed by atoms with E-state index in [9.17, 15) is 0 Å². The smallest absolute Gasteiger partial charge is 0.122 e. The maximum Gasteiger partial charge on any atom is 0.122 e. The molecule has 1 heterocycles. The lowest BCUT2D eigenvalue weighted by molar-refractivity contribution is 0.239. The molecule has 2 aliphatic rings. The van der Waals surface area contributed by atoms with Crippen LogP contribution in [0.2, 0.25) is 0 Å². The number of benzene rings is 1. The minimum atomic E-state index is -0.102. The van der Waals surface area contributed by atoms with Crippen molar-refractivity contribution in [2.75, 3.05) is 6.61 Å². The summed E-state index contributed by atoms with van der Waals surface area (Å²) in [5.41, 5.74) is 9.17. The molecule has 0 saturated heterocycles. The second-order valence-electron chi connectivity index (χ2n) is 5.78. The Hall–Kier alpha value is -1.02. The molecule has 0 bridgehead atoms. The first-order chi connectivity index (χ1) is 8.17. The van der Waals surface area contributed by atoms with Crippen molar-refractivity contribution in [2.24, 2.45) is 11.7 Å². The molecule has 2 atom stereocenters. The highest BCUT2D eigenvalue weighted by molar-refractivity contribution is 5.42. The summed E-state index contributed by atoms with van der Waals surface area (Å²) in [4.78, 5) is 0. The molecule has 2 unspecified atom stereocenters. The molecule has 3 rings (SSSR count). The van der Waals surface area contributed by atoms with Gasteiger partial charge in [0.2, 0.25) is 0 Å². The van der Waals surface area contributed by atoms with Gasteiger partial charge in [-0.15, -0.1) is 0 Å². The van der Waals surface area contributed by atoms with Crippen LogP contribution in [0.3, 0.4) is 0 Å². The van der Waals surface area contributed by atoms with E-state index in [0.717, 1.165) is 37.5 Å². The quantitative estimate of drug-likeness (QED) is 0.806. The fourth-order valence-electron chi connectivity index (χ4n) is 3.35. The molecule has 0 aromatic heterocycles. The number of hydrogen-bond donors (Lipinski definition) is 1. The first-order valence-corrected chi connectivity index (χ1v) is 6.72. The summed E-state index contributed by atoms with van der Waals surface area (Å²) in [6.07, 6.45) is 5.86. The van der Waals surface area contributed by atoms with Gasteiger partial charge in [0.15, 0.2) is 0 Å². The van der Waals surface area contributed by atoms with Gasteiger partial charge in [-0.1, -0.05) is 31.9 Å². The van der Waals surface area contributed by atoms with Gasteiger partial charge in [0, 0.05) is 12.0 Å². The molecular formula is C15H21NO. The minimum Gasteiger partial charge on any atom is -0.493 e. The van der Waals surface area contributed by atoms with Crippen LogP contribution < -0.4 is 10.5 Å². The second kappa shape index (κ2) is 4.02. The van der Waals surface area contributed by atoms with Crippen LogP contribution >= 0.6 is 0 Å². The summed E-state index contributed by atoms with van der Waals surface area (Å²) < 4.78 is 5.55. The molecule has 1 fully saturated rings. The normalized spacial score (nSPS) is 32.0. The maximum absolute atomic E-state index is 6.62. The van der Waals surface area contributed by atoms with Crippen LogP contribution in [0.4, 0.5) is 0 Å². The monoisotopic (exact) mass is 231 g/mol. The van der Waals surface area contributed by atoms with Gasteiger partial charge in [-0.25, -0.2) is 0 Å². The zero-order chi connectivity index (χ0) is 11.9. The first-order valence-electron chi connectivity index (χ1n) is 6.72. The molecule has 0 radical (unpaired) electrons. The lowest BCUT2D eigenvalue weighted by Gasteiger charge is -2.37. The van der Waals surface area contributed by atoms with E-state index in [2.05, 4.69) is 25.1 Å². The summed E-state index contributed by atoms with van der Waals surface area (Å²) in [6.45, 7) is 3.14. The highest BCUT2D eigenvalue weighted by Gasteiger charge is 2.33. The maximum atomic E-state index is 6.62. The average molecular weight is 231 g/mol. The molecule has 1 aliphatic heterocycles. The van der Waals surface area contributed by atoms with Crippen LogP contribution in [-0.4, -0.2) is 6.61 Å². The average Bonchev–Trinajstić information content (AvgIpc) is 2.75. The molecule has 1 aromatic carbocycles.